The largest absolute Gasteiger partial charge is 0.312 e. The van der Waals surface area contributed by atoms with Gasteiger partial charge in [0.25, 0.3) is 0 Å². The number of nitrogens with one attached hydrogen (secondary N) is 1. The molecule has 2 aliphatic rings. The summed E-state index contributed by atoms with van der Waals surface area (Å²) in [6.07, 6.45) is 4.10. The Hall–Kier alpha value is 0.270. The summed E-state index contributed by atoms with van der Waals surface area (Å²) in [6.45, 7) is 7.20. The highest BCUT2D eigenvalue weighted by Gasteiger charge is 2.27. The second-order valence-corrected chi connectivity index (χ2v) is 6.06. The molecule has 3 heteroatoms. The summed E-state index contributed by atoms with van der Waals surface area (Å²) in [5.74, 6) is 2.64. The van der Waals surface area contributed by atoms with Crippen LogP contribution in [0.3, 0.4) is 0 Å². The first-order valence-corrected chi connectivity index (χ1v) is 7.53. The summed E-state index contributed by atoms with van der Waals surface area (Å²) in [4.78, 5) is 2.71. The molecule has 1 saturated carbocycles. The third-order valence-electron chi connectivity index (χ3n) is 3.58. The lowest BCUT2D eigenvalue weighted by Crippen LogP contribution is -2.50. The zero-order valence-electron chi connectivity index (χ0n) is 10.0. The van der Waals surface area contributed by atoms with Crippen LogP contribution in [0.5, 0.6) is 0 Å². The molecule has 1 saturated heterocycles. The highest BCUT2D eigenvalue weighted by atomic mass is 32.2. The van der Waals surface area contributed by atoms with E-state index < -0.39 is 0 Å². The Bertz CT molecular complexity index is 194. The van der Waals surface area contributed by atoms with Crippen LogP contribution in [0.15, 0.2) is 0 Å². The molecule has 0 aromatic carbocycles. The number of hydrogen-bond acceptors (Lipinski definition) is 3. The Morgan fingerprint density at radius 1 is 1.47 bits per heavy atom. The topological polar surface area (TPSA) is 15.3 Å². The van der Waals surface area contributed by atoms with Crippen molar-refractivity contribution in [3.63, 3.8) is 0 Å². The first kappa shape index (κ1) is 11.7. The van der Waals surface area contributed by atoms with Gasteiger partial charge in [-0.05, 0) is 26.2 Å². The number of nitrogens with zero attached hydrogens (tertiary/aromatic N) is 1. The number of rotatable bonds is 5. The molecule has 0 aromatic heterocycles. The van der Waals surface area contributed by atoms with Gasteiger partial charge in [-0.3, -0.25) is 4.90 Å². The van der Waals surface area contributed by atoms with Crippen molar-refractivity contribution in [2.24, 2.45) is 0 Å². The first-order chi connectivity index (χ1) is 7.31. The van der Waals surface area contributed by atoms with Crippen LogP contribution in [0.1, 0.15) is 33.1 Å². The molecule has 0 amide bonds. The molecule has 1 aliphatic heterocycles. The standard InChI is InChI=1S/C12H24N2S/c1-3-12(8-13-11-4-5-11)14-6-7-15-9-10(14)2/h10-13H,3-9H2,1-2H3. The van der Waals surface area contributed by atoms with Crippen molar-refractivity contribution in [3.8, 4) is 0 Å². The summed E-state index contributed by atoms with van der Waals surface area (Å²) < 4.78 is 0. The van der Waals surface area contributed by atoms with Crippen LogP contribution in [0.25, 0.3) is 0 Å². The van der Waals surface area contributed by atoms with Crippen molar-refractivity contribution < 1.29 is 0 Å². The zero-order valence-corrected chi connectivity index (χ0v) is 10.9. The predicted octanol–water partition coefficient (Wildman–Crippen LogP) is 1.95. The minimum Gasteiger partial charge on any atom is -0.312 e. The zero-order chi connectivity index (χ0) is 10.7. The molecule has 88 valence electrons. The lowest BCUT2D eigenvalue weighted by molar-refractivity contribution is 0.153. The van der Waals surface area contributed by atoms with Crippen LogP contribution in [-0.4, -0.2) is 47.6 Å². The summed E-state index contributed by atoms with van der Waals surface area (Å²) in [7, 11) is 0. The van der Waals surface area contributed by atoms with Gasteiger partial charge in [0.1, 0.15) is 0 Å². The molecule has 15 heavy (non-hydrogen) atoms. The van der Waals surface area contributed by atoms with Crippen molar-refractivity contribution in [2.75, 3.05) is 24.6 Å². The van der Waals surface area contributed by atoms with Crippen LogP contribution >= 0.6 is 11.8 Å². The Morgan fingerprint density at radius 3 is 2.87 bits per heavy atom. The highest BCUT2D eigenvalue weighted by molar-refractivity contribution is 7.99. The van der Waals surface area contributed by atoms with Gasteiger partial charge in [-0.1, -0.05) is 6.92 Å². The van der Waals surface area contributed by atoms with Crippen LogP contribution in [0.4, 0.5) is 0 Å². The van der Waals surface area contributed by atoms with Crippen molar-refractivity contribution in [1.29, 1.82) is 0 Å². The smallest absolute Gasteiger partial charge is 0.0221 e. The molecule has 0 spiro atoms. The Kier molecular flexibility index (Phi) is 4.35. The van der Waals surface area contributed by atoms with E-state index in [0.29, 0.717) is 0 Å². The average molecular weight is 228 g/mol. The molecule has 2 rings (SSSR count). The van der Waals surface area contributed by atoms with Gasteiger partial charge < -0.3 is 5.32 Å². The quantitative estimate of drug-likeness (QED) is 0.774. The molecular formula is C12H24N2S. The molecule has 1 heterocycles. The third-order valence-corrected chi connectivity index (χ3v) is 4.77. The molecule has 1 aliphatic carbocycles. The van der Waals surface area contributed by atoms with Gasteiger partial charge in [0.05, 0.1) is 0 Å². The summed E-state index contributed by atoms with van der Waals surface area (Å²) >= 11 is 2.11. The molecular weight excluding hydrogens is 204 g/mol. The maximum atomic E-state index is 3.68. The van der Waals surface area contributed by atoms with Gasteiger partial charge in [-0.25, -0.2) is 0 Å². The molecule has 2 fully saturated rings. The Labute approximate surface area is 98.2 Å². The van der Waals surface area contributed by atoms with Crippen LogP contribution in [0, 0.1) is 0 Å². The monoisotopic (exact) mass is 228 g/mol. The fraction of sp³-hybridized carbons (Fsp3) is 1.00. The maximum absolute atomic E-state index is 3.68. The van der Waals surface area contributed by atoms with Crippen molar-refractivity contribution >= 4 is 11.8 Å². The van der Waals surface area contributed by atoms with E-state index in [0.717, 1.165) is 18.1 Å². The first-order valence-electron chi connectivity index (χ1n) is 6.38. The third kappa shape index (κ3) is 3.36. The molecule has 2 unspecified atom stereocenters. The highest BCUT2D eigenvalue weighted by Crippen LogP contribution is 2.22. The predicted molar refractivity (Wildman–Crippen MR) is 68.6 cm³/mol. The van der Waals surface area contributed by atoms with Crippen LogP contribution < -0.4 is 5.32 Å². The number of thioether (sulfide) groups is 1. The molecule has 0 radical (unpaired) electrons. The lowest BCUT2D eigenvalue weighted by Gasteiger charge is -2.39. The second-order valence-electron chi connectivity index (χ2n) is 4.91. The minimum absolute atomic E-state index is 0.765. The molecule has 1 N–H and O–H groups in total. The fourth-order valence-corrected chi connectivity index (χ4v) is 3.41. The SMILES string of the molecule is CCC(CNC1CC1)N1CCSCC1C. The lowest BCUT2D eigenvalue weighted by atomic mass is 10.1. The van der Waals surface area contributed by atoms with Crippen molar-refractivity contribution in [2.45, 2.75) is 51.2 Å². The summed E-state index contributed by atoms with van der Waals surface area (Å²) in [5, 5.41) is 3.68. The molecule has 2 nitrogen and oxygen atoms in total. The van der Waals surface area contributed by atoms with Gasteiger partial charge in [0, 0.05) is 42.7 Å². The van der Waals surface area contributed by atoms with Crippen LogP contribution in [0.2, 0.25) is 0 Å². The van der Waals surface area contributed by atoms with E-state index in [1.807, 2.05) is 0 Å². The summed E-state index contributed by atoms with van der Waals surface area (Å²) in [6, 6.07) is 2.39. The average Bonchev–Trinajstić information content (AvgIpc) is 3.05. The molecule has 2 atom stereocenters. The van der Waals surface area contributed by atoms with E-state index in [2.05, 4.69) is 35.8 Å². The Balaban J connectivity index is 1.79. The van der Waals surface area contributed by atoms with Crippen molar-refractivity contribution in [1.82, 2.24) is 10.2 Å². The van der Waals surface area contributed by atoms with E-state index in [-0.39, 0.29) is 0 Å². The normalized spacial score (nSPS) is 30.4. The molecule has 0 aromatic rings. The van der Waals surface area contributed by atoms with E-state index >= 15 is 0 Å². The maximum Gasteiger partial charge on any atom is 0.0221 e. The van der Waals surface area contributed by atoms with Crippen LogP contribution in [-0.2, 0) is 0 Å². The fourth-order valence-electron chi connectivity index (χ4n) is 2.37. The van der Waals surface area contributed by atoms with E-state index in [1.165, 1.54) is 43.9 Å². The van der Waals surface area contributed by atoms with E-state index in [1.54, 1.807) is 0 Å². The Morgan fingerprint density at radius 2 is 2.27 bits per heavy atom. The summed E-state index contributed by atoms with van der Waals surface area (Å²) in [5.41, 5.74) is 0. The van der Waals surface area contributed by atoms with E-state index in [9.17, 15) is 0 Å². The van der Waals surface area contributed by atoms with Crippen molar-refractivity contribution in [3.05, 3.63) is 0 Å². The van der Waals surface area contributed by atoms with Gasteiger partial charge in [-0.15, -0.1) is 0 Å². The second kappa shape index (κ2) is 5.55. The van der Waals surface area contributed by atoms with Gasteiger partial charge in [0.2, 0.25) is 0 Å². The number of hydrogen-bond donors (Lipinski definition) is 1. The molecule has 0 bridgehead atoms. The van der Waals surface area contributed by atoms with Gasteiger partial charge >= 0.3 is 0 Å². The van der Waals surface area contributed by atoms with Gasteiger partial charge in [-0.2, -0.15) is 11.8 Å². The van der Waals surface area contributed by atoms with Gasteiger partial charge in [0.15, 0.2) is 0 Å². The minimum atomic E-state index is 0.765. The van der Waals surface area contributed by atoms with E-state index in [4.69, 9.17) is 0 Å².